The number of esters is 1. The predicted molar refractivity (Wildman–Crippen MR) is 90.6 cm³/mol. The van der Waals surface area contributed by atoms with Crippen LogP contribution in [0.3, 0.4) is 0 Å². The quantitative estimate of drug-likeness (QED) is 0.819. The van der Waals surface area contributed by atoms with Gasteiger partial charge in [0.2, 0.25) is 5.91 Å². The molecule has 0 aliphatic carbocycles. The Bertz CT molecular complexity index is 506. The second-order valence-corrected chi connectivity index (χ2v) is 5.86. The number of anilines is 1. The highest BCUT2D eigenvalue weighted by Crippen LogP contribution is 2.12. The van der Waals surface area contributed by atoms with Crippen LogP contribution in [0.15, 0.2) is 24.3 Å². The van der Waals surface area contributed by atoms with Gasteiger partial charge in [-0.15, -0.1) is 0 Å². The van der Waals surface area contributed by atoms with E-state index in [-0.39, 0.29) is 11.9 Å². The van der Waals surface area contributed by atoms with Gasteiger partial charge in [0, 0.05) is 18.8 Å². The smallest absolute Gasteiger partial charge is 0.338 e. The summed E-state index contributed by atoms with van der Waals surface area (Å²) in [5, 5.41) is 3.13. The minimum Gasteiger partial charge on any atom is -0.462 e. The van der Waals surface area contributed by atoms with Gasteiger partial charge in [-0.1, -0.05) is 19.8 Å². The van der Waals surface area contributed by atoms with Crippen molar-refractivity contribution < 1.29 is 14.3 Å². The van der Waals surface area contributed by atoms with Crippen LogP contribution >= 0.6 is 0 Å². The highest BCUT2D eigenvalue weighted by Gasteiger charge is 2.15. The summed E-state index contributed by atoms with van der Waals surface area (Å²) in [7, 11) is 0. The number of nitrogens with zero attached hydrogens (tertiary/aromatic N) is 1. The normalized spacial score (nSPS) is 14.9. The van der Waals surface area contributed by atoms with E-state index in [0.717, 1.165) is 38.0 Å². The Morgan fingerprint density at radius 2 is 1.74 bits per heavy atom. The molecule has 0 atom stereocenters. The molecule has 0 bridgehead atoms. The zero-order valence-corrected chi connectivity index (χ0v) is 13.8. The van der Waals surface area contributed by atoms with Gasteiger partial charge in [0.15, 0.2) is 0 Å². The Morgan fingerprint density at radius 1 is 1.09 bits per heavy atom. The lowest BCUT2D eigenvalue weighted by Crippen LogP contribution is -2.36. The first-order valence-electron chi connectivity index (χ1n) is 8.49. The molecular weight excluding hydrogens is 292 g/mol. The molecule has 0 aromatic heterocycles. The maximum absolute atomic E-state index is 12.2. The number of amides is 1. The molecule has 1 aliphatic rings. The predicted octanol–water partition coefficient (Wildman–Crippen LogP) is 3.07. The van der Waals surface area contributed by atoms with Gasteiger partial charge in [0.1, 0.15) is 0 Å². The molecular formula is C18H26N2O3. The molecule has 1 aromatic carbocycles. The third-order valence-corrected chi connectivity index (χ3v) is 3.96. The van der Waals surface area contributed by atoms with E-state index in [1.165, 1.54) is 12.8 Å². The Kier molecular flexibility index (Phi) is 6.91. The molecule has 0 radical (unpaired) electrons. The molecule has 1 aromatic rings. The summed E-state index contributed by atoms with van der Waals surface area (Å²) < 4.78 is 5.09. The number of carbonyl (C=O) groups excluding carboxylic acids is 2. The largest absolute Gasteiger partial charge is 0.462 e. The lowest BCUT2D eigenvalue weighted by molar-refractivity contribution is -0.129. The second-order valence-electron chi connectivity index (χ2n) is 5.86. The summed E-state index contributed by atoms with van der Waals surface area (Å²) in [5.74, 6) is -0.169. The van der Waals surface area contributed by atoms with Crippen molar-refractivity contribution in [1.29, 1.82) is 0 Å². The van der Waals surface area contributed by atoms with E-state index in [4.69, 9.17) is 4.74 Å². The molecule has 1 heterocycles. The summed E-state index contributed by atoms with van der Waals surface area (Å²) in [5.41, 5.74) is 1.36. The summed E-state index contributed by atoms with van der Waals surface area (Å²) in [6, 6.07) is 7.05. The van der Waals surface area contributed by atoms with Crippen molar-refractivity contribution in [3.8, 4) is 0 Å². The Labute approximate surface area is 138 Å². The first kappa shape index (κ1) is 17.3. The van der Waals surface area contributed by atoms with E-state index in [2.05, 4.69) is 5.32 Å². The van der Waals surface area contributed by atoms with Gasteiger partial charge in [-0.2, -0.15) is 0 Å². The Morgan fingerprint density at radius 3 is 2.35 bits per heavy atom. The van der Waals surface area contributed by atoms with Crippen molar-refractivity contribution in [3.63, 3.8) is 0 Å². The van der Waals surface area contributed by atoms with E-state index < -0.39 is 0 Å². The van der Waals surface area contributed by atoms with Crippen LogP contribution in [0.4, 0.5) is 5.69 Å². The zero-order chi connectivity index (χ0) is 16.5. The molecule has 23 heavy (non-hydrogen) atoms. The van der Waals surface area contributed by atoms with Gasteiger partial charge < -0.3 is 15.0 Å². The molecule has 1 aliphatic heterocycles. The van der Waals surface area contributed by atoms with Crippen molar-refractivity contribution in [2.24, 2.45) is 0 Å². The number of rotatable bonds is 6. The third kappa shape index (κ3) is 5.58. The van der Waals surface area contributed by atoms with Crippen molar-refractivity contribution in [1.82, 2.24) is 4.90 Å². The maximum Gasteiger partial charge on any atom is 0.338 e. The van der Waals surface area contributed by atoms with Crippen molar-refractivity contribution in [3.05, 3.63) is 29.8 Å². The van der Waals surface area contributed by atoms with Crippen LogP contribution in [0, 0.1) is 0 Å². The number of hydrogen-bond acceptors (Lipinski definition) is 4. The molecule has 0 spiro atoms. The molecule has 1 saturated heterocycles. The van der Waals surface area contributed by atoms with E-state index in [0.29, 0.717) is 18.7 Å². The van der Waals surface area contributed by atoms with Crippen molar-refractivity contribution >= 4 is 17.6 Å². The highest BCUT2D eigenvalue weighted by atomic mass is 16.5. The molecule has 0 saturated carbocycles. The average molecular weight is 318 g/mol. The van der Waals surface area contributed by atoms with E-state index in [1.54, 1.807) is 24.3 Å². The lowest BCUT2D eigenvalue weighted by Gasteiger charge is -2.20. The second kappa shape index (κ2) is 9.18. The zero-order valence-electron chi connectivity index (χ0n) is 13.8. The van der Waals surface area contributed by atoms with Crippen LogP contribution < -0.4 is 5.32 Å². The van der Waals surface area contributed by atoms with Gasteiger partial charge in [0.05, 0.1) is 18.7 Å². The number of benzene rings is 1. The van der Waals surface area contributed by atoms with Crippen LogP contribution in [0.25, 0.3) is 0 Å². The molecule has 1 N–H and O–H groups in total. The maximum atomic E-state index is 12.2. The molecule has 2 rings (SSSR count). The van der Waals surface area contributed by atoms with Crippen LogP contribution in [0.5, 0.6) is 0 Å². The third-order valence-electron chi connectivity index (χ3n) is 3.96. The SMILES string of the molecule is CCCOC(=O)c1ccc(NCC(=O)N2CCCCCC2)cc1. The van der Waals surface area contributed by atoms with Gasteiger partial charge >= 0.3 is 5.97 Å². The summed E-state index contributed by atoms with van der Waals surface area (Å²) in [6.07, 6.45) is 5.43. The number of nitrogens with one attached hydrogen (secondary N) is 1. The van der Waals surface area contributed by atoms with Crippen LogP contribution in [0.2, 0.25) is 0 Å². The number of hydrogen-bond donors (Lipinski definition) is 1. The van der Waals surface area contributed by atoms with E-state index >= 15 is 0 Å². The molecule has 0 unspecified atom stereocenters. The van der Waals surface area contributed by atoms with Gasteiger partial charge in [-0.25, -0.2) is 4.79 Å². The van der Waals surface area contributed by atoms with Crippen molar-refractivity contribution in [2.75, 3.05) is 31.6 Å². The minimum atomic E-state index is -0.306. The first-order chi connectivity index (χ1) is 11.2. The lowest BCUT2D eigenvalue weighted by atomic mass is 10.2. The topological polar surface area (TPSA) is 58.6 Å². The fraction of sp³-hybridized carbons (Fsp3) is 0.556. The monoisotopic (exact) mass is 318 g/mol. The summed E-state index contributed by atoms with van der Waals surface area (Å²) in [4.78, 5) is 25.9. The standard InChI is InChI=1S/C18H26N2O3/c1-2-13-23-18(22)15-7-9-16(10-8-15)19-14-17(21)20-11-5-3-4-6-12-20/h7-10,19H,2-6,11-14H2,1H3. The van der Waals surface area contributed by atoms with Crippen LogP contribution in [0.1, 0.15) is 49.4 Å². The van der Waals surface area contributed by atoms with Gasteiger partial charge in [0.25, 0.3) is 0 Å². The fourth-order valence-corrected chi connectivity index (χ4v) is 2.61. The molecule has 5 nitrogen and oxygen atoms in total. The molecule has 1 amide bonds. The number of carbonyl (C=O) groups is 2. The van der Waals surface area contributed by atoms with Crippen molar-refractivity contribution in [2.45, 2.75) is 39.0 Å². The van der Waals surface area contributed by atoms with Gasteiger partial charge in [-0.05, 0) is 43.5 Å². The highest BCUT2D eigenvalue weighted by molar-refractivity contribution is 5.90. The van der Waals surface area contributed by atoms with E-state index in [1.807, 2.05) is 11.8 Å². The Balaban J connectivity index is 1.81. The summed E-state index contributed by atoms with van der Waals surface area (Å²) >= 11 is 0. The fourth-order valence-electron chi connectivity index (χ4n) is 2.61. The first-order valence-corrected chi connectivity index (χ1v) is 8.49. The average Bonchev–Trinajstić information content (AvgIpc) is 2.87. The summed E-state index contributed by atoms with van der Waals surface area (Å²) in [6.45, 7) is 4.41. The molecule has 1 fully saturated rings. The molecule has 126 valence electrons. The Hall–Kier alpha value is -2.04. The number of ether oxygens (including phenoxy) is 1. The van der Waals surface area contributed by atoms with Crippen LogP contribution in [-0.4, -0.2) is 43.0 Å². The van der Waals surface area contributed by atoms with E-state index in [9.17, 15) is 9.59 Å². The van der Waals surface area contributed by atoms with Gasteiger partial charge in [-0.3, -0.25) is 4.79 Å². The molecule has 5 heteroatoms. The van der Waals surface area contributed by atoms with Crippen LogP contribution in [-0.2, 0) is 9.53 Å². The number of likely N-dealkylation sites (tertiary alicyclic amines) is 1. The minimum absolute atomic E-state index is 0.137.